The van der Waals surface area contributed by atoms with Crippen LogP contribution in [0, 0.1) is 5.82 Å². The molecule has 5 nitrogen and oxygen atoms in total. The van der Waals surface area contributed by atoms with Crippen molar-refractivity contribution in [3.63, 3.8) is 0 Å². The number of rotatable bonds is 4. The van der Waals surface area contributed by atoms with Crippen molar-refractivity contribution in [2.24, 2.45) is 0 Å². The van der Waals surface area contributed by atoms with Gasteiger partial charge in [0.25, 0.3) is 5.91 Å². The number of carbonyl (C=O) groups excluding carboxylic acids is 2. The van der Waals surface area contributed by atoms with Crippen LogP contribution >= 0.6 is 0 Å². The fraction of sp³-hybridized carbons (Fsp3) is 0.208. The molecule has 0 bridgehead atoms. The van der Waals surface area contributed by atoms with Crippen LogP contribution in [-0.4, -0.2) is 46.2 Å². The van der Waals surface area contributed by atoms with Crippen LogP contribution in [-0.2, 0) is 11.3 Å². The van der Waals surface area contributed by atoms with E-state index >= 15 is 0 Å². The Morgan fingerprint density at radius 3 is 2.57 bits per heavy atom. The summed E-state index contributed by atoms with van der Waals surface area (Å²) in [5.74, 6) is -0.441. The zero-order chi connectivity index (χ0) is 20.9. The Morgan fingerprint density at radius 1 is 0.967 bits per heavy atom. The molecule has 1 fully saturated rings. The van der Waals surface area contributed by atoms with Crippen LogP contribution in [0.5, 0.6) is 0 Å². The van der Waals surface area contributed by atoms with Gasteiger partial charge in [0.15, 0.2) is 0 Å². The Labute approximate surface area is 174 Å². The molecule has 1 aromatic heterocycles. The molecule has 1 saturated heterocycles. The largest absolute Gasteiger partial charge is 0.337 e. The Balaban J connectivity index is 1.48. The van der Waals surface area contributed by atoms with Gasteiger partial charge in [0.2, 0.25) is 5.91 Å². The zero-order valence-electron chi connectivity index (χ0n) is 16.5. The van der Waals surface area contributed by atoms with Gasteiger partial charge in [-0.25, -0.2) is 4.39 Å². The molecule has 0 atom stereocenters. The predicted molar refractivity (Wildman–Crippen MR) is 112 cm³/mol. The molecule has 30 heavy (non-hydrogen) atoms. The third-order valence-electron chi connectivity index (χ3n) is 5.29. The molecule has 152 valence electrons. The van der Waals surface area contributed by atoms with Gasteiger partial charge < -0.3 is 9.80 Å². The highest BCUT2D eigenvalue weighted by Gasteiger charge is 2.25. The number of nitrogens with zero attached hydrogens (tertiary/aromatic N) is 3. The second-order valence-electron chi connectivity index (χ2n) is 7.27. The van der Waals surface area contributed by atoms with Crippen molar-refractivity contribution in [2.45, 2.75) is 13.0 Å². The van der Waals surface area contributed by atoms with Crippen LogP contribution < -0.4 is 0 Å². The minimum atomic E-state index is -0.325. The van der Waals surface area contributed by atoms with Crippen molar-refractivity contribution in [1.82, 2.24) is 14.8 Å². The van der Waals surface area contributed by atoms with Gasteiger partial charge in [-0.3, -0.25) is 14.6 Å². The zero-order valence-corrected chi connectivity index (χ0v) is 16.5. The second kappa shape index (κ2) is 8.86. The van der Waals surface area contributed by atoms with Crippen molar-refractivity contribution >= 4 is 11.8 Å². The van der Waals surface area contributed by atoms with Gasteiger partial charge in [0.05, 0.1) is 0 Å². The SMILES string of the molecule is O=C1CCN(C(=O)c2cccc(-c3ccccc3F)c2)CCN1Cc1ccncc1. The maximum atomic E-state index is 14.1. The fourth-order valence-electron chi connectivity index (χ4n) is 3.64. The first-order chi connectivity index (χ1) is 14.6. The van der Waals surface area contributed by atoms with E-state index in [-0.39, 0.29) is 24.1 Å². The molecule has 0 aliphatic carbocycles. The van der Waals surface area contributed by atoms with Crippen molar-refractivity contribution in [3.8, 4) is 11.1 Å². The van der Waals surface area contributed by atoms with Crippen LogP contribution in [0.15, 0.2) is 73.1 Å². The highest BCUT2D eigenvalue weighted by Crippen LogP contribution is 2.24. The minimum Gasteiger partial charge on any atom is -0.337 e. The average molecular weight is 403 g/mol. The number of hydrogen-bond donors (Lipinski definition) is 0. The molecule has 0 N–H and O–H groups in total. The summed E-state index contributed by atoms with van der Waals surface area (Å²) >= 11 is 0. The number of benzene rings is 2. The lowest BCUT2D eigenvalue weighted by atomic mass is 10.0. The summed E-state index contributed by atoms with van der Waals surface area (Å²) in [5, 5.41) is 0. The van der Waals surface area contributed by atoms with E-state index in [9.17, 15) is 14.0 Å². The molecule has 3 aromatic rings. The van der Waals surface area contributed by atoms with Gasteiger partial charge in [-0.15, -0.1) is 0 Å². The lowest BCUT2D eigenvalue weighted by Crippen LogP contribution is -2.35. The number of hydrogen-bond acceptors (Lipinski definition) is 3. The summed E-state index contributed by atoms with van der Waals surface area (Å²) in [5.41, 5.74) is 2.62. The van der Waals surface area contributed by atoms with Gasteiger partial charge in [-0.05, 0) is 41.5 Å². The van der Waals surface area contributed by atoms with Gasteiger partial charge in [0, 0.05) is 56.1 Å². The number of amides is 2. The quantitative estimate of drug-likeness (QED) is 0.667. The smallest absolute Gasteiger partial charge is 0.253 e. The van der Waals surface area contributed by atoms with Crippen LogP contribution in [0.25, 0.3) is 11.1 Å². The molecule has 0 radical (unpaired) electrons. The highest BCUT2D eigenvalue weighted by atomic mass is 19.1. The molecule has 2 heterocycles. The van der Waals surface area contributed by atoms with Crippen molar-refractivity contribution in [1.29, 1.82) is 0 Å². The lowest BCUT2D eigenvalue weighted by Gasteiger charge is -2.22. The molecule has 6 heteroatoms. The summed E-state index contributed by atoms with van der Waals surface area (Å²) in [6, 6.07) is 17.3. The topological polar surface area (TPSA) is 53.5 Å². The summed E-state index contributed by atoms with van der Waals surface area (Å²) in [6.07, 6.45) is 3.69. The highest BCUT2D eigenvalue weighted by molar-refractivity contribution is 5.96. The second-order valence-corrected chi connectivity index (χ2v) is 7.27. The van der Waals surface area contributed by atoms with E-state index in [1.54, 1.807) is 64.7 Å². The predicted octanol–water partition coefficient (Wildman–Crippen LogP) is 3.76. The third kappa shape index (κ3) is 4.38. The standard InChI is InChI=1S/C24H22FN3O2/c25-22-7-2-1-6-21(22)19-4-3-5-20(16-19)24(30)27-13-10-23(29)28(15-14-27)17-18-8-11-26-12-9-18/h1-9,11-12,16H,10,13-15,17H2. The molecule has 1 aliphatic heterocycles. The van der Waals surface area contributed by atoms with Gasteiger partial charge >= 0.3 is 0 Å². The van der Waals surface area contributed by atoms with Crippen molar-refractivity contribution in [2.75, 3.05) is 19.6 Å². The Hall–Kier alpha value is -3.54. The Kier molecular flexibility index (Phi) is 5.84. The molecule has 0 spiro atoms. The summed E-state index contributed by atoms with van der Waals surface area (Å²) in [4.78, 5) is 33.1. The summed E-state index contributed by atoms with van der Waals surface area (Å²) < 4.78 is 14.1. The first-order valence-corrected chi connectivity index (χ1v) is 9.93. The summed E-state index contributed by atoms with van der Waals surface area (Å²) in [7, 11) is 0. The normalized spacial score (nSPS) is 14.5. The van der Waals surface area contributed by atoms with E-state index in [1.807, 2.05) is 12.1 Å². The minimum absolute atomic E-state index is 0.0298. The van der Waals surface area contributed by atoms with E-state index in [2.05, 4.69) is 4.98 Å². The van der Waals surface area contributed by atoms with Crippen LogP contribution in [0.2, 0.25) is 0 Å². The first kappa shape index (κ1) is 19.8. The molecular formula is C24H22FN3O2. The number of pyridine rings is 1. The van der Waals surface area contributed by atoms with Crippen molar-refractivity contribution < 1.29 is 14.0 Å². The van der Waals surface area contributed by atoms with Crippen LogP contribution in [0.3, 0.4) is 0 Å². The Bertz CT molecular complexity index is 1060. The van der Waals surface area contributed by atoms with E-state index in [1.165, 1.54) is 6.07 Å². The van der Waals surface area contributed by atoms with Crippen LogP contribution in [0.1, 0.15) is 22.3 Å². The molecule has 2 amide bonds. The van der Waals surface area contributed by atoms with Crippen molar-refractivity contribution in [3.05, 3.63) is 90.0 Å². The van der Waals surface area contributed by atoms with E-state index in [0.29, 0.717) is 42.9 Å². The average Bonchev–Trinajstić information content (AvgIpc) is 2.96. The lowest BCUT2D eigenvalue weighted by molar-refractivity contribution is -0.130. The number of halogens is 1. The molecule has 4 rings (SSSR count). The Morgan fingerprint density at radius 2 is 1.77 bits per heavy atom. The van der Waals surface area contributed by atoms with Gasteiger partial charge in [-0.1, -0.05) is 30.3 Å². The molecule has 2 aromatic carbocycles. The molecule has 1 aliphatic rings. The molecule has 0 saturated carbocycles. The molecule has 0 unspecified atom stereocenters. The monoisotopic (exact) mass is 403 g/mol. The van der Waals surface area contributed by atoms with Gasteiger partial charge in [0.1, 0.15) is 5.82 Å². The maximum Gasteiger partial charge on any atom is 0.253 e. The fourth-order valence-corrected chi connectivity index (χ4v) is 3.64. The number of carbonyl (C=O) groups is 2. The van der Waals surface area contributed by atoms with Gasteiger partial charge in [-0.2, -0.15) is 0 Å². The first-order valence-electron chi connectivity index (χ1n) is 9.93. The van der Waals surface area contributed by atoms with Crippen LogP contribution in [0.4, 0.5) is 4.39 Å². The maximum absolute atomic E-state index is 14.1. The van der Waals surface area contributed by atoms with E-state index < -0.39 is 0 Å². The van der Waals surface area contributed by atoms with E-state index in [0.717, 1.165) is 5.56 Å². The summed E-state index contributed by atoms with van der Waals surface area (Å²) in [6.45, 7) is 1.81. The number of aromatic nitrogens is 1. The third-order valence-corrected chi connectivity index (χ3v) is 5.29. The molecular weight excluding hydrogens is 381 g/mol. The van der Waals surface area contributed by atoms with E-state index in [4.69, 9.17) is 0 Å².